The third-order valence-electron chi connectivity index (χ3n) is 3.85. The minimum atomic E-state index is -0.0784. The fraction of sp³-hybridized carbons (Fsp3) is 0.294. The van der Waals surface area contributed by atoms with Crippen LogP contribution >= 0.6 is 0 Å². The zero-order chi connectivity index (χ0) is 14.8. The molecule has 0 bridgehead atoms. The number of aryl methyl sites for hydroxylation is 2. The molecule has 2 aromatic rings. The van der Waals surface area contributed by atoms with Crippen LogP contribution in [0.5, 0.6) is 0 Å². The van der Waals surface area contributed by atoms with Gasteiger partial charge in [0.1, 0.15) is 5.69 Å². The molecule has 1 atom stereocenters. The molecule has 1 amide bonds. The largest absolute Gasteiger partial charge is 0.344 e. The number of rotatable bonds is 2. The first kappa shape index (κ1) is 13.4. The van der Waals surface area contributed by atoms with Gasteiger partial charge in [0.05, 0.1) is 6.04 Å². The van der Waals surface area contributed by atoms with Gasteiger partial charge in [-0.1, -0.05) is 12.0 Å². The van der Waals surface area contributed by atoms with Gasteiger partial charge >= 0.3 is 0 Å². The van der Waals surface area contributed by atoms with E-state index in [0.717, 1.165) is 18.4 Å². The first-order valence-electron chi connectivity index (χ1n) is 7.03. The van der Waals surface area contributed by atoms with Gasteiger partial charge in [-0.3, -0.25) is 9.48 Å². The number of carbonyl (C=O) groups excluding carboxylic acids is 1. The minimum Gasteiger partial charge on any atom is -0.344 e. The lowest BCUT2D eigenvalue weighted by atomic mass is 10.0. The predicted molar refractivity (Wildman–Crippen MR) is 80.7 cm³/mol. The summed E-state index contributed by atoms with van der Waals surface area (Å²) in [5, 5.41) is 7.12. The monoisotopic (exact) mass is 279 g/mol. The van der Waals surface area contributed by atoms with Gasteiger partial charge in [-0.15, -0.1) is 5.92 Å². The van der Waals surface area contributed by atoms with Crippen LogP contribution in [0.2, 0.25) is 0 Å². The molecular weight excluding hydrogens is 262 g/mol. The van der Waals surface area contributed by atoms with Crippen LogP contribution in [0.4, 0.5) is 0 Å². The smallest absolute Gasteiger partial charge is 0.270 e. The van der Waals surface area contributed by atoms with Gasteiger partial charge in [0.15, 0.2) is 0 Å². The van der Waals surface area contributed by atoms with E-state index < -0.39 is 0 Å². The summed E-state index contributed by atoms with van der Waals surface area (Å²) < 4.78 is 1.59. The summed E-state index contributed by atoms with van der Waals surface area (Å²) in [6.07, 6.45) is 3.54. The van der Waals surface area contributed by atoms with Gasteiger partial charge < -0.3 is 5.32 Å². The molecule has 21 heavy (non-hydrogen) atoms. The molecule has 1 unspecified atom stereocenters. The van der Waals surface area contributed by atoms with Gasteiger partial charge in [-0.2, -0.15) is 5.10 Å². The number of benzene rings is 1. The molecule has 1 heterocycles. The standard InChI is InChI=1S/C17H17N3O/c1-3-4-12-5-7-14-13(11-12)6-8-15(14)19-17(21)16-9-10-18-20(16)2/h5,7,9-11,15H,6,8H2,1-2H3,(H,19,21). The van der Waals surface area contributed by atoms with E-state index in [9.17, 15) is 4.79 Å². The average Bonchev–Trinajstić information content (AvgIpc) is 3.06. The van der Waals surface area contributed by atoms with Crippen molar-refractivity contribution in [1.82, 2.24) is 15.1 Å². The Labute approximate surface area is 124 Å². The van der Waals surface area contributed by atoms with Gasteiger partial charge in [-0.05, 0) is 49.1 Å². The van der Waals surface area contributed by atoms with Gasteiger partial charge in [-0.25, -0.2) is 0 Å². The fourth-order valence-electron chi connectivity index (χ4n) is 2.82. The molecule has 0 radical (unpaired) electrons. The van der Waals surface area contributed by atoms with Crippen molar-refractivity contribution in [2.24, 2.45) is 7.05 Å². The zero-order valence-corrected chi connectivity index (χ0v) is 12.2. The van der Waals surface area contributed by atoms with E-state index in [1.165, 1.54) is 11.1 Å². The highest BCUT2D eigenvalue weighted by atomic mass is 16.2. The Morgan fingerprint density at radius 3 is 3.00 bits per heavy atom. The predicted octanol–water partition coefficient (Wildman–Crippen LogP) is 2.21. The molecule has 0 aliphatic heterocycles. The number of aromatic nitrogens is 2. The Morgan fingerprint density at radius 1 is 1.43 bits per heavy atom. The van der Waals surface area contributed by atoms with Crippen LogP contribution in [-0.4, -0.2) is 15.7 Å². The normalized spacial score (nSPS) is 16.0. The van der Waals surface area contributed by atoms with Crippen molar-refractivity contribution >= 4 is 5.91 Å². The van der Waals surface area contributed by atoms with E-state index in [-0.39, 0.29) is 11.9 Å². The lowest BCUT2D eigenvalue weighted by Gasteiger charge is -2.14. The maximum Gasteiger partial charge on any atom is 0.270 e. The number of hydrogen-bond acceptors (Lipinski definition) is 2. The zero-order valence-electron chi connectivity index (χ0n) is 12.2. The van der Waals surface area contributed by atoms with Crippen LogP contribution in [0.3, 0.4) is 0 Å². The minimum absolute atomic E-state index is 0.0750. The van der Waals surface area contributed by atoms with Crippen molar-refractivity contribution in [2.75, 3.05) is 0 Å². The Balaban J connectivity index is 1.80. The van der Waals surface area contributed by atoms with Crippen LogP contribution in [0.1, 0.15) is 46.6 Å². The van der Waals surface area contributed by atoms with E-state index in [1.807, 2.05) is 13.0 Å². The second kappa shape index (κ2) is 5.45. The summed E-state index contributed by atoms with van der Waals surface area (Å²) in [4.78, 5) is 12.3. The molecule has 0 fully saturated rings. The first-order chi connectivity index (χ1) is 10.2. The molecule has 1 aromatic heterocycles. The number of amides is 1. The van der Waals surface area contributed by atoms with Crippen molar-refractivity contribution in [3.8, 4) is 11.8 Å². The van der Waals surface area contributed by atoms with Crippen LogP contribution < -0.4 is 5.32 Å². The summed E-state index contributed by atoms with van der Waals surface area (Å²) in [7, 11) is 1.77. The molecule has 1 N–H and O–H groups in total. The molecule has 4 nitrogen and oxygen atoms in total. The molecular formula is C17H17N3O. The van der Waals surface area contributed by atoms with E-state index in [2.05, 4.69) is 34.4 Å². The molecule has 0 saturated heterocycles. The van der Waals surface area contributed by atoms with Crippen molar-refractivity contribution in [2.45, 2.75) is 25.8 Å². The lowest BCUT2D eigenvalue weighted by Crippen LogP contribution is -2.28. The highest BCUT2D eigenvalue weighted by Gasteiger charge is 2.25. The third-order valence-corrected chi connectivity index (χ3v) is 3.85. The first-order valence-corrected chi connectivity index (χ1v) is 7.03. The summed E-state index contributed by atoms with van der Waals surface area (Å²) in [6, 6.07) is 8.03. The van der Waals surface area contributed by atoms with Crippen molar-refractivity contribution in [1.29, 1.82) is 0 Å². The molecule has 106 valence electrons. The summed E-state index contributed by atoms with van der Waals surface area (Å²) in [5.41, 5.74) is 4.10. The number of fused-ring (bicyclic) bond motifs is 1. The number of nitrogens with zero attached hydrogens (tertiary/aromatic N) is 2. The Hall–Kier alpha value is -2.54. The maximum absolute atomic E-state index is 12.3. The molecule has 1 aliphatic carbocycles. The molecule has 4 heteroatoms. The van der Waals surface area contributed by atoms with E-state index in [1.54, 1.807) is 24.0 Å². The van der Waals surface area contributed by atoms with Crippen LogP contribution in [-0.2, 0) is 13.5 Å². The van der Waals surface area contributed by atoms with Crippen molar-refractivity contribution in [3.05, 3.63) is 52.8 Å². The number of nitrogens with one attached hydrogen (secondary N) is 1. The number of hydrogen-bond donors (Lipinski definition) is 1. The fourth-order valence-corrected chi connectivity index (χ4v) is 2.82. The highest BCUT2D eigenvalue weighted by Crippen LogP contribution is 2.31. The van der Waals surface area contributed by atoms with Crippen molar-refractivity contribution in [3.63, 3.8) is 0 Å². The molecule has 0 spiro atoms. The SMILES string of the molecule is CC#Cc1ccc2c(c1)CCC2NC(=O)c1ccnn1C. The van der Waals surface area contributed by atoms with Crippen molar-refractivity contribution < 1.29 is 4.79 Å². The summed E-state index contributed by atoms with van der Waals surface area (Å²) in [6.45, 7) is 1.84. The Bertz CT molecular complexity index is 749. The number of carbonyl (C=O) groups is 1. The molecule has 0 saturated carbocycles. The van der Waals surface area contributed by atoms with E-state index >= 15 is 0 Å². The van der Waals surface area contributed by atoms with Gasteiger partial charge in [0.25, 0.3) is 5.91 Å². The third kappa shape index (κ3) is 2.55. The van der Waals surface area contributed by atoms with E-state index in [0.29, 0.717) is 5.69 Å². The van der Waals surface area contributed by atoms with Crippen LogP contribution in [0.25, 0.3) is 0 Å². The Morgan fingerprint density at radius 2 is 2.29 bits per heavy atom. The van der Waals surface area contributed by atoms with Gasteiger partial charge in [0, 0.05) is 18.8 Å². The summed E-state index contributed by atoms with van der Waals surface area (Å²) in [5.74, 6) is 5.91. The lowest BCUT2D eigenvalue weighted by molar-refractivity contribution is 0.0927. The van der Waals surface area contributed by atoms with Crippen LogP contribution in [0, 0.1) is 11.8 Å². The second-order valence-corrected chi connectivity index (χ2v) is 5.19. The van der Waals surface area contributed by atoms with Crippen LogP contribution in [0.15, 0.2) is 30.5 Å². The molecule has 1 aliphatic rings. The molecule has 3 rings (SSSR count). The topological polar surface area (TPSA) is 46.9 Å². The maximum atomic E-state index is 12.3. The quantitative estimate of drug-likeness (QED) is 0.857. The second-order valence-electron chi connectivity index (χ2n) is 5.19. The Kier molecular flexibility index (Phi) is 3.49. The van der Waals surface area contributed by atoms with E-state index in [4.69, 9.17) is 0 Å². The molecule has 1 aromatic carbocycles. The van der Waals surface area contributed by atoms with Gasteiger partial charge in [0.2, 0.25) is 0 Å². The average molecular weight is 279 g/mol. The summed E-state index contributed by atoms with van der Waals surface area (Å²) >= 11 is 0. The highest BCUT2D eigenvalue weighted by molar-refractivity contribution is 5.92.